The Morgan fingerprint density at radius 2 is 1.82 bits per heavy atom. The maximum Gasteiger partial charge on any atom is 0.145 e. The fourth-order valence-electron chi connectivity index (χ4n) is 1.61. The number of hydrogen-bond acceptors (Lipinski definition) is 2. The molecule has 2 rings (SSSR count). The van der Waals surface area contributed by atoms with E-state index in [1.54, 1.807) is 0 Å². The normalized spacial score (nSPS) is 10.2. The second-order valence-electron chi connectivity index (χ2n) is 3.91. The number of nitrogen functional groups attached to an aromatic ring is 1. The molecular formula is C14H14INO. The van der Waals surface area contributed by atoms with Crippen LogP contribution in [0.1, 0.15) is 11.1 Å². The smallest absolute Gasteiger partial charge is 0.145 e. The van der Waals surface area contributed by atoms with Crippen LogP contribution < -0.4 is 10.5 Å². The molecule has 0 amide bonds. The van der Waals surface area contributed by atoms with Gasteiger partial charge in [0.15, 0.2) is 0 Å². The number of para-hydroxylation sites is 1. The summed E-state index contributed by atoms with van der Waals surface area (Å²) in [6.07, 6.45) is 0. The molecule has 0 unspecified atom stereocenters. The molecule has 2 N–H and O–H groups in total. The highest BCUT2D eigenvalue weighted by molar-refractivity contribution is 14.1. The Hall–Kier alpha value is -1.23. The van der Waals surface area contributed by atoms with Crippen molar-refractivity contribution in [3.63, 3.8) is 0 Å². The van der Waals surface area contributed by atoms with E-state index in [0.717, 1.165) is 16.9 Å². The number of aryl methyl sites for hydroxylation is 1. The van der Waals surface area contributed by atoms with E-state index >= 15 is 0 Å². The summed E-state index contributed by atoms with van der Waals surface area (Å²) >= 11 is 2.29. The van der Waals surface area contributed by atoms with Gasteiger partial charge in [0.2, 0.25) is 0 Å². The van der Waals surface area contributed by atoms with Crippen LogP contribution in [0.15, 0.2) is 42.5 Å². The molecule has 2 aromatic carbocycles. The molecule has 0 atom stereocenters. The number of rotatable bonds is 3. The van der Waals surface area contributed by atoms with Crippen LogP contribution in [0.2, 0.25) is 0 Å². The molecule has 0 aromatic heterocycles. The van der Waals surface area contributed by atoms with E-state index in [1.165, 1.54) is 3.57 Å². The van der Waals surface area contributed by atoms with Gasteiger partial charge in [0.05, 0.1) is 5.69 Å². The Balaban J connectivity index is 2.10. The van der Waals surface area contributed by atoms with Crippen molar-refractivity contribution in [2.24, 2.45) is 0 Å². The van der Waals surface area contributed by atoms with Crippen molar-refractivity contribution in [3.05, 3.63) is 57.2 Å². The van der Waals surface area contributed by atoms with Crippen LogP contribution >= 0.6 is 22.6 Å². The van der Waals surface area contributed by atoms with Crippen LogP contribution in [0, 0.1) is 10.5 Å². The monoisotopic (exact) mass is 339 g/mol. The Morgan fingerprint density at radius 3 is 2.47 bits per heavy atom. The van der Waals surface area contributed by atoms with Crippen LogP contribution in [0.5, 0.6) is 5.75 Å². The molecule has 0 heterocycles. The molecular weight excluding hydrogens is 325 g/mol. The average molecular weight is 339 g/mol. The van der Waals surface area contributed by atoms with Gasteiger partial charge in [0, 0.05) is 3.57 Å². The maximum absolute atomic E-state index is 5.88. The quantitative estimate of drug-likeness (QED) is 0.683. The van der Waals surface area contributed by atoms with Crippen LogP contribution in [0.4, 0.5) is 5.69 Å². The van der Waals surface area contributed by atoms with Crippen LogP contribution in [-0.2, 0) is 6.61 Å². The summed E-state index contributed by atoms with van der Waals surface area (Å²) in [6.45, 7) is 2.55. The van der Waals surface area contributed by atoms with Gasteiger partial charge in [-0.1, -0.05) is 24.3 Å². The molecule has 3 heteroatoms. The lowest BCUT2D eigenvalue weighted by Crippen LogP contribution is -2.00. The van der Waals surface area contributed by atoms with Crippen molar-refractivity contribution in [2.75, 3.05) is 5.73 Å². The number of nitrogens with two attached hydrogens (primary N) is 1. The van der Waals surface area contributed by atoms with Gasteiger partial charge >= 0.3 is 0 Å². The van der Waals surface area contributed by atoms with E-state index in [1.807, 2.05) is 25.1 Å². The molecule has 0 spiro atoms. The Morgan fingerprint density at radius 1 is 1.12 bits per heavy atom. The SMILES string of the molecule is Cc1cccc(N)c1OCc1ccc(I)cc1. The Bertz CT molecular complexity index is 488. The Labute approximate surface area is 115 Å². The second kappa shape index (κ2) is 5.40. The van der Waals surface area contributed by atoms with E-state index in [2.05, 4.69) is 46.9 Å². The van der Waals surface area contributed by atoms with Gasteiger partial charge in [-0.05, 0) is 58.8 Å². The van der Waals surface area contributed by atoms with Crippen molar-refractivity contribution in [3.8, 4) is 5.75 Å². The third-order valence-corrected chi connectivity index (χ3v) is 3.26. The molecule has 2 nitrogen and oxygen atoms in total. The molecule has 0 fully saturated rings. The zero-order valence-corrected chi connectivity index (χ0v) is 11.8. The molecule has 0 aliphatic carbocycles. The molecule has 0 aliphatic rings. The van der Waals surface area contributed by atoms with Crippen LogP contribution in [0.25, 0.3) is 0 Å². The third-order valence-electron chi connectivity index (χ3n) is 2.54. The summed E-state index contributed by atoms with van der Waals surface area (Å²) in [5, 5.41) is 0. The van der Waals surface area contributed by atoms with Gasteiger partial charge in [0.25, 0.3) is 0 Å². The number of anilines is 1. The topological polar surface area (TPSA) is 35.2 Å². The molecule has 0 saturated heterocycles. The van der Waals surface area contributed by atoms with Crippen molar-refractivity contribution in [1.82, 2.24) is 0 Å². The number of benzene rings is 2. The lowest BCUT2D eigenvalue weighted by molar-refractivity contribution is 0.306. The molecule has 0 bridgehead atoms. The molecule has 0 saturated carbocycles. The first-order valence-electron chi connectivity index (χ1n) is 5.39. The number of ether oxygens (including phenoxy) is 1. The third kappa shape index (κ3) is 3.12. The average Bonchev–Trinajstić information content (AvgIpc) is 2.31. The minimum absolute atomic E-state index is 0.548. The zero-order chi connectivity index (χ0) is 12.3. The van der Waals surface area contributed by atoms with E-state index in [0.29, 0.717) is 12.3 Å². The van der Waals surface area contributed by atoms with Crippen LogP contribution in [-0.4, -0.2) is 0 Å². The predicted octanol–water partition coefficient (Wildman–Crippen LogP) is 3.76. The summed E-state index contributed by atoms with van der Waals surface area (Å²) in [4.78, 5) is 0. The second-order valence-corrected chi connectivity index (χ2v) is 5.15. The molecule has 0 aliphatic heterocycles. The highest BCUT2D eigenvalue weighted by Gasteiger charge is 2.04. The van der Waals surface area contributed by atoms with Gasteiger partial charge in [-0.15, -0.1) is 0 Å². The molecule has 17 heavy (non-hydrogen) atoms. The van der Waals surface area contributed by atoms with Gasteiger partial charge < -0.3 is 10.5 Å². The van der Waals surface area contributed by atoms with Gasteiger partial charge in [-0.3, -0.25) is 0 Å². The van der Waals surface area contributed by atoms with E-state index in [9.17, 15) is 0 Å². The van der Waals surface area contributed by atoms with E-state index < -0.39 is 0 Å². The standard InChI is InChI=1S/C14H14INO/c1-10-3-2-4-13(16)14(10)17-9-11-5-7-12(15)8-6-11/h2-8H,9,16H2,1H3. The number of hydrogen-bond donors (Lipinski definition) is 1. The lowest BCUT2D eigenvalue weighted by atomic mass is 10.2. The lowest BCUT2D eigenvalue weighted by Gasteiger charge is -2.11. The minimum Gasteiger partial charge on any atom is -0.486 e. The fraction of sp³-hybridized carbons (Fsp3) is 0.143. The maximum atomic E-state index is 5.88. The minimum atomic E-state index is 0.548. The van der Waals surface area contributed by atoms with Crippen molar-refractivity contribution in [2.45, 2.75) is 13.5 Å². The molecule has 0 radical (unpaired) electrons. The zero-order valence-electron chi connectivity index (χ0n) is 9.61. The van der Waals surface area contributed by atoms with Gasteiger partial charge in [-0.25, -0.2) is 0 Å². The number of halogens is 1. The predicted molar refractivity (Wildman–Crippen MR) is 79.1 cm³/mol. The summed E-state index contributed by atoms with van der Waals surface area (Å²) in [6, 6.07) is 14.1. The van der Waals surface area contributed by atoms with Crippen molar-refractivity contribution >= 4 is 28.3 Å². The first-order valence-corrected chi connectivity index (χ1v) is 6.47. The van der Waals surface area contributed by atoms with Gasteiger partial charge in [-0.2, -0.15) is 0 Å². The first kappa shape index (κ1) is 12.2. The van der Waals surface area contributed by atoms with E-state index in [4.69, 9.17) is 10.5 Å². The van der Waals surface area contributed by atoms with Crippen molar-refractivity contribution in [1.29, 1.82) is 0 Å². The van der Waals surface area contributed by atoms with E-state index in [-0.39, 0.29) is 0 Å². The highest BCUT2D eigenvalue weighted by Crippen LogP contribution is 2.26. The van der Waals surface area contributed by atoms with Crippen molar-refractivity contribution < 1.29 is 4.74 Å². The largest absolute Gasteiger partial charge is 0.486 e. The summed E-state index contributed by atoms with van der Waals surface area (Å²) < 4.78 is 6.99. The first-order chi connectivity index (χ1) is 8.16. The Kier molecular flexibility index (Phi) is 3.89. The highest BCUT2D eigenvalue weighted by atomic mass is 127. The summed E-state index contributed by atoms with van der Waals surface area (Å²) in [7, 11) is 0. The van der Waals surface area contributed by atoms with Crippen LogP contribution in [0.3, 0.4) is 0 Å². The summed E-state index contributed by atoms with van der Waals surface area (Å²) in [5.41, 5.74) is 8.79. The molecule has 2 aromatic rings. The fourth-order valence-corrected chi connectivity index (χ4v) is 1.97. The summed E-state index contributed by atoms with van der Waals surface area (Å²) in [5.74, 6) is 0.783. The van der Waals surface area contributed by atoms with Gasteiger partial charge in [0.1, 0.15) is 12.4 Å². The molecule has 88 valence electrons.